The first-order chi connectivity index (χ1) is 17.5. The van der Waals surface area contributed by atoms with Crippen molar-refractivity contribution in [2.24, 2.45) is 5.92 Å². The zero-order valence-electron chi connectivity index (χ0n) is 21.9. The van der Waals surface area contributed by atoms with Crippen LogP contribution in [0.1, 0.15) is 95.6 Å². The van der Waals surface area contributed by atoms with Crippen LogP contribution in [-0.4, -0.2) is 60.2 Å². The van der Waals surface area contributed by atoms with E-state index in [4.69, 9.17) is 4.74 Å². The molecule has 3 atom stereocenters. The number of nitrogens with one attached hydrogen (secondary N) is 1. The maximum atomic E-state index is 13.8. The predicted molar refractivity (Wildman–Crippen MR) is 140 cm³/mol. The number of benzene rings is 1. The molecule has 3 rings (SSSR count). The van der Waals surface area contributed by atoms with E-state index >= 15 is 0 Å². The Morgan fingerprint density at radius 2 is 1.81 bits per heavy atom. The monoisotopic (exact) mass is 504 g/mol. The number of amides is 1. The van der Waals surface area contributed by atoms with Gasteiger partial charge in [-0.1, -0.05) is 44.7 Å². The van der Waals surface area contributed by atoms with Gasteiger partial charge in [0, 0.05) is 38.4 Å². The van der Waals surface area contributed by atoms with E-state index in [1.165, 1.54) is 6.42 Å². The summed E-state index contributed by atoms with van der Waals surface area (Å²) in [5, 5.41) is 14.1. The van der Waals surface area contributed by atoms with Crippen LogP contribution in [0.2, 0.25) is 0 Å². The lowest BCUT2D eigenvalue weighted by molar-refractivity contribution is -0.125. The molecule has 1 aromatic rings. The summed E-state index contributed by atoms with van der Waals surface area (Å²) in [6.07, 6.45) is 8.54. The van der Waals surface area contributed by atoms with Crippen molar-refractivity contribution in [3.05, 3.63) is 29.8 Å². The van der Waals surface area contributed by atoms with Gasteiger partial charge in [0.1, 0.15) is 23.8 Å². The van der Waals surface area contributed by atoms with E-state index in [9.17, 15) is 19.1 Å². The molecule has 1 aromatic carbocycles. The fraction of sp³-hybridized carbons (Fsp3) is 0.724. The molecule has 1 saturated heterocycles. The van der Waals surface area contributed by atoms with E-state index in [0.717, 1.165) is 44.3 Å². The zero-order chi connectivity index (χ0) is 25.8. The molecule has 0 radical (unpaired) electrons. The van der Waals surface area contributed by atoms with Gasteiger partial charge in [-0.15, -0.1) is 0 Å². The third-order valence-corrected chi connectivity index (χ3v) is 7.52. The molecule has 6 nitrogen and oxygen atoms in total. The lowest BCUT2D eigenvalue weighted by Gasteiger charge is -2.29. The van der Waals surface area contributed by atoms with Gasteiger partial charge in [-0.25, -0.2) is 4.39 Å². The Morgan fingerprint density at radius 3 is 2.47 bits per heavy atom. The van der Waals surface area contributed by atoms with Gasteiger partial charge in [-0.2, -0.15) is 0 Å². The number of hydrogen-bond acceptors (Lipinski definition) is 5. The summed E-state index contributed by atoms with van der Waals surface area (Å²) in [4.78, 5) is 27.1. The lowest BCUT2D eigenvalue weighted by atomic mass is 9.84. The average molecular weight is 505 g/mol. The Balaban J connectivity index is 1.50. The van der Waals surface area contributed by atoms with Crippen molar-refractivity contribution < 1.29 is 23.8 Å². The lowest BCUT2D eigenvalue weighted by Crippen LogP contribution is -2.46. The minimum atomic E-state index is -0.912. The van der Waals surface area contributed by atoms with Crippen LogP contribution in [0.4, 0.5) is 4.39 Å². The second-order valence-electron chi connectivity index (χ2n) is 10.5. The maximum Gasteiger partial charge on any atom is 0.220 e. The summed E-state index contributed by atoms with van der Waals surface area (Å²) in [6, 6.07) is 6.78. The van der Waals surface area contributed by atoms with E-state index < -0.39 is 18.3 Å². The highest BCUT2D eigenvalue weighted by molar-refractivity contribution is 5.81. The number of ketones is 1. The molecule has 1 saturated carbocycles. The van der Waals surface area contributed by atoms with E-state index in [1.54, 1.807) is 0 Å². The number of aliphatic hydroxyl groups is 1. The number of likely N-dealkylation sites (tertiary alicyclic amines) is 1. The van der Waals surface area contributed by atoms with Crippen LogP contribution in [-0.2, 0) is 9.59 Å². The van der Waals surface area contributed by atoms with E-state index in [0.29, 0.717) is 69.7 Å². The number of ether oxygens (including phenoxy) is 1. The van der Waals surface area contributed by atoms with Crippen LogP contribution >= 0.6 is 0 Å². The van der Waals surface area contributed by atoms with Crippen molar-refractivity contribution in [3.8, 4) is 5.75 Å². The first kappa shape index (κ1) is 28.6. The molecular formula is C29H45FN2O4. The fourth-order valence-electron chi connectivity index (χ4n) is 5.27. The molecule has 2 fully saturated rings. The smallest absolute Gasteiger partial charge is 0.220 e. The normalized spacial score (nSPS) is 20.7. The zero-order valence-corrected chi connectivity index (χ0v) is 21.9. The summed E-state index contributed by atoms with van der Waals surface area (Å²) < 4.78 is 19.5. The molecule has 0 bridgehead atoms. The molecule has 1 aliphatic carbocycles. The average Bonchev–Trinajstić information content (AvgIpc) is 3.31. The summed E-state index contributed by atoms with van der Waals surface area (Å²) in [5.74, 6) is 1.18. The topological polar surface area (TPSA) is 78.9 Å². The fourth-order valence-corrected chi connectivity index (χ4v) is 5.27. The Kier molecular flexibility index (Phi) is 12.2. The molecule has 2 N–H and O–H groups in total. The minimum Gasteiger partial charge on any atom is -0.494 e. The van der Waals surface area contributed by atoms with Crippen LogP contribution in [0, 0.1) is 5.92 Å². The minimum absolute atomic E-state index is 0.139. The highest BCUT2D eigenvalue weighted by Gasteiger charge is 2.29. The van der Waals surface area contributed by atoms with Crippen molar-refractivity contribution in [3.63, 3.8) is 0 Å². The molecule has 36 heavy (non-hydrogen) atoms. The van der Waals surface area contributed by atoms with Crippen LogP contribution in [0.5, 0.6) is 5.75 Å². The SMILES string of the molecule is CCCCOc1ccc(C(O)[C@@H](CN2CC[C@@H](F)C2)NC(=O)CCCCC(=O)C2CCCCC2)cc1. The highest BCUT2D eigenvalue weighted by Crippen LogP contribution is 2.26. The molecule has 2 aliphatic rings. The Hall–Kier alpha value is -1.99. The summed E-state index contributed by atoms with van der Waals surface area (Å²) in [5.41, 5.74) is 0.692. The number of aliphatic hydroxyl groups excluding tert-OH is 1. The van der Waals surface area contributed by atoms with E-state index in [1.807, 2.05) is 29.2 Å². The number of unbranched alkanes of at least 4 members (excludes halogenated alkanes) is 2. The van der Waals surface area contributed by atoms with Crippen molar-refractivity contribution in [1.82, 2.24) is 10.2 Å². The van der Waals surface area contributed by atoms with Crippen molar-refractivity contribution in [2.75, 3.05) is 26.2 Å². The first-order valence-electron chi connectivity index (χ1n) is 14.1. The summed E-state index contributed by atoms with van der Waals surface area (Å²) in [6.45, 7) is 4.10. The second-order valence-corrected chi connectivity index (χ2v) is 10.5. The first-order valence-corrected chi connectivity index (χ1v) is 14.1. The summed E-state index contributed by atoms with van der Waals surface area (Å²) in [7, 11) is 0. The standard InChI is InChI=1S/C29H45FN2O4/c1-2-3-19-36-25-15-13-23(14-16-25)29(35)26(21-32-18-17-24(30)20-32)31-28(34)12-8-7-11-27(33)22-9-5-4-6-10-22/h13-16,22,24,26,29,35H,2-12,17-21H2,1H3,(H,31,34)/t24-,26-,29?/m1/s1. The van der Waals surface area contributed by atoms with Gasteiger partial charge in [0.15, 0.2) is 0 Å². The highest BCUT2D eigenvalue weighted by atomic mass is 19.1. The molecule has 0 spiro atoms. The van der Waals surface area contributed by atoms with Crippen LogP contribution in [0.3, 0.4) is 0 Å². The molecular weight excluding hydrogens is 459 g/mol. The Morgan fingerprint density at radius 1 is 1.08 bits per heavy atom. The quantitative estimate of drug-likeness (QED) is 0.324. The predicted octanol–water partition coefficient (Wildman–Crippen LogP) is 5.14. The number of nitrogens with zero attached hydrogens (tertiary/aromatic N) is 1. The Bertz CT molecular complexity index is 797. The van der Waals surface area contributed by atoms with Gasteiger partial charge in [-0.05, 0) is 56.2 Å². The van der Waals surface area contributed by atoms with Crippen molar-refractivity contribution >= 4 is 11.7 Å². The number of alkyl halides is 1. The van der Waals surface area contributed by atoms with Crippen LogP contribution < -0.4 is 10.1 Å². The van der Waals surface area contributed by atoms with Gasteiger partial charge < -0.3 is 15.2 Å². The molecule has 1 aliphatic heterocycles. The van der Waals surface area contributed by atoms with Crippen molar-refractivity contribution in [2.45, 2.75) is 102 Å². The molecule has 202 valence electrons. The summed E-state index contributed by atoms with van der Waals surface area (Å²) >= 11 is 0. The molecule has 0 aromatic heterocycles. The number of carbonyl (C=O) groups excluding carboxylic acids is 2. The van der Waals surface area contributed by atoms with Crippen LogP contribution in [0.15, 0.2) is 24.3 Å². The maximum absolute atomic E-state index is 13.8. The number of halogens is 1. The van der Waals surface area contributed by atoms with Gasteiger partial charge in [-0.3, -0.25) is 14.5 Å². The third-order valence-electron chi connectivity index (χ3n) is 7.52. The molecule has 1 heterocycles. The van der Waals surface area contributed by atoms with Gasteiger partial charge in [0.25, 0.3) is 0 Å². The van der Waals surface area contributed by atoms with Gasteiger partial charge in [0.2, 0.25) is 5.91 Å². The van der Waals surface area contributed by atoms with Crippen LogP contribution in [0.25, 0.3) is 0 Å². The van der Waals surface area contributed by atoms with E-state index in [2.05, 4.69) is 12.2 Å². The number of carbonyl (C=O) groups is 2. The molecule has 1 amide bonds. The number of rotatable bonds is 15. The molecule has 7 heteroatoms. The third kappa shape index (κ3) is 9.47. The van der Waals surface area contributed by atoms with Gasteiger partial charge >= 0.3 is 0 Å². The second kappa shape index (κ2) is 15.3. The van der Waals surface area contributed by atoms with E-state index in [-0.39, 0.29) is 11.8 Å². The van der Waals surface area contributed by atoms with Crippen molar-refractivity contribution in [1.29, 1.82) is 0 Å². The van der Waals surface area contributed by atoms with Gasteiger partial charge in [0.05, 0.1) is 12.6 Å². The Labute approximate surface area is 216 Å². The molecule has 1 unspecified atom stereocenters. The number of Topliss-reactive ketones (excluding diaryl/α,β-unsaturated/α-hetero) is 1. The largest absolute Gasteiger partial charge is 0.494 e. The number of hydrogen-bond donors (Lipinski definition) is 2.